The Labute approximate surface area is 165 Å². The zero-order chi connectivity index (χ0) is 20.5. The van der Waals surface area contributed by atoms with E-state index in [2.05, 4.69) is 26.6 Å². The zero-order valence-electron chi connectivity index (χ0n) is 15.8. The highest BCUT2D eigenvalue weighted by Gasteiger charge is 2.20. The van der Waals surface area contributed by atoms with Crippen LogP contribution in [0.1, 0.15) is 39.3 Å². The van der Waals surface area contributed by atoms with Gasteiger partial charge in [0.2, 0.25) is 0 Å². The number of anilines is 1. The largest absolute Gasteiger partial charge is 0.319 e. The molecule has 3 aromatic heterocycles. The molecule has 3 heterocycles. The van der Waals surface area contributed by atoms with Crippen molar-refractivity contribution in [2.75, 3.05) is 5.32 Å². The molecule has 4 rings (SSSR count). The Kier molecular flexibility index (Phi) is 4.79. The van der Waals surface area contributed by atoms with Gasteiger partial charge in [0, 0.05) is 11.9 Å². The number of amides is 1. The number of rotatable bonds is 5. The van der Waals surface area contributed by atoms with E-state index >= 15 is 0 Å². The second-order valence-electron chi connectivity index (χ2n) is 6.79. The molecule has 0 saturated heterocycles. The minimum atomic E-state index is -2.73. The molecule has 148 valence electrons. The zero-order valence-corrected chi connectivity index (χ0v) is 15.8. The van der Waals surface area contributed by atoms with Crippen LogP contribution in [0, 0.1) is 13.8 Å². The predicted molar refractivity (Wildman–Crippen MR) is 103 cm³/mol. The van der Waals surface area contributed by atoms with E-state index in [9.17, 15) is 13.6 Å². The molecule has 0 aliphatic heterocycles. The molecule has 0 bridgehead atoms. The van der Waals surface area contributed by atoms with Crippen molar-refractivity contribution in [3.8, 4) is 0 Å². The summed E-state index contributed by atoms with van der Waals surface area (Å²) >= 11 is 0. The summed E-state index contributed by atoms with van der Waals surface area (Å²) < 4.78 is 29.2. The summed E-state index contributed by atoms with van der Waals surface area (Å²) in [5.41, 5.74) is 3.01. The van der Waals surface area contributed by atoms with E-state index in [1.165, 1.54) is 18.5 Å². The normalized spacial score (nSPS) is 11.3. The van der Waals surface area contributed by atoms with E-state index in [0.717, 1.165) is 15.6 Å². The molecule has 0 saturated carbocycles. The third-order valence-electron chi connectivity index (χ3n) is 4.41. The van der Waals surface area contributed by atoms with E-state index in [4.69, 9.17) is 0 Å². The molecule has 0 fully saturated rings. The van der Waals surface area contributed by atoms with Gasteiger partial charge in [-0.1, -0.05) is 29.8 Å². The molecule has 0 unspecified atom stereocenters. The Morgan fingerprint density at radius 1 is 1.17 bits per heavy atom. The molecule has 1 amide bonds. The monoisotopic (exact) mass is 396 g/mol. The molecule has 0 spiro atoms. The lowest BCUT2D eigenvalue weighted by Crippen LogP contribution is -2.12. The third kappa shape index (κ3) is 3.84. The van der Waals surface area contributed by atoms with Crippen LogP contribution in [0.25, 0.3) is 5.65 Å². The minimum Gasteiger partial charge on any atom is -0.319 e. The summed E-state index contributed by atoms with van der Waals surface area (Å²) in [5, 5.41) is 10.9. The van der Waals surface area contributed by atoms with Crippen molar-refractivity contribution in [2.45, 2.75) is 26.8 Å². The summed E-state index contributed by atoms with van der Waals surface area (Å²) in [6.45, 7) is 4.17. The molecule has 4 aromatic rings. The smallest absolute Gasteiger partial charge is 0.280 e. The Hall–Kier alpha value is -3.62. The van der Waals surface area contributed by atoms with Gasteiger partial charge in [0.15, 0.2) is 5.65 Å². The van der Waals surface area contributed by atoms with Crippen LogP contribution in [0.15, 0.2) is 48.9 Å². The molecule has 0 atom stereocenters. The molecule has 9 heteroatoms. The van der Waals surface area contributed by atoms with Crippen LogP contribution in [0.3, 0.4) is 0 Å². The second kappa shape index (κ2) is 7.42. The summed E-state index contributed by atoms with van der Waals surface area (Å²) in [6, 6.07) is 9.31. The summed E-state index contributed by atoms with van der Waals surface area (Å²) in [7, 11) is 0. The lowest BCUT2D eigenvalue weighted by Gasteiger charge is -2.06. The van der Waals surface area contributed by atoms with Gasteiger partial charge >= 0.3 is 0 Å². The first-order valence-electron chi connectivity index (χ1n) is 8.93. The number of hydrogen-bond acceptors (Lipinski definition) is 4. The molecule has 1 aromatic carbocycles. The number of benzene rings is 1. The van der Waals surface area contributed by atoms with Crippen LogP contribution in [-0.4, -0.2) is 30.3 Å². The van der Waals surface area contributed by atoms with E-state index in [1.54, 1.807) is 17.8 Å². The molecule has 0 aliphatic carbocycles. The lowest BCUT2D eigenvalue weighted by atomic mass is 10.1. The summed E-state index contributed by atoms with van der Waals surface area (Å²) in [6.07, 6.45) is 1.74. The number of fused-ring (bicyclic) bond motifs is 1. The van der Waals surface area contributed by atoms with Gasteiger partial charge in [0.05, 0.1) is 24.6 Å². The molecular weight excluding hydrogens is 378 g/mol. The number of hydrogen-bond donors (Lipinski definition) is 1. The molecule has 29 heavy (non-hydrogen) atoms. The maximum atomic E-state index is 13.2. The number of halogens is 2. The van der Waals surface area contributed by atoms with E-state index < -0.39 is 12.3 Å². The van der Waals surface area contributed by atoms with E-state index in [-0.39, 0.29) is 16.9 Å². The standard InChI is InChI=1S/C20H18F2N6O/c1-12-4-3-5-14(6-12)10-27-11-15(8-23-27)26-20(29)16-9-24-28-17(18(21)22)7-13(2)25-19(16)28/h3-9,11,18H,10H2,1-2H3,(H,26,29). The molecule has 0 radical (unpaired) electrons. The number of nitrogens with one attached hydrogen (secondary N) is 1. The maximum absolute atomic E-state index is 13.2. The summed E-state index contributed by atoms with van der Waals surface area (Å²) in [4.78, 5) is 16.9. The number of aryl methyl sites for hydroxylation is 2. The van der Waals surface area contributed by atoms with Gasteiger partial charge in [-0.15, -0.1) is 0 Å². The molecule has 1 N–H and O–H groups in total. The van der Waals surface area contributed by atoms with Gasteiger partial charge in [0.25, 0.3) is 12.3 Å². The quantitative estimate of drug-likeness (QED) is 0.557. The minimum absolute atomic E-state index is 0.0879. The average Bonchev–Trinajstić information content (AvgIpc) is 3.27. The maximum Gasteiger partial charge on any atom is 0.280 e. The first-order valence-corrected chi connectivity index (χ1v) is 8.93. The first-order chi connectivity index (χ1) is 13.9. The van der Waals surface area contributed by atoms with Gasteiger partial charge < -0.3 is 5.32 Å². The first kappa shape index (κ1) is 18.7. The van der Waals surface area contributed by atoms with Crippen LogP contribution >= 0.6 is 0 Å². The topological polar surface area (TPSA) is 77.1 Å². The van der Waals surface area contributed by atoms with Crippen LogP contribution < -0.4 is 5.32 Å². The average molecular weight is 396 g/mol. The van der Waals surface area contributed by atoms with Crippen molar-refractivity contribution < 1.29 is 13.6 Å². The lowest BCUT2D eigenvalue weighted by molar-refractivity contribution is 0.102. The number of alkyl halides is 2. The van der Waals surface area contributed by atoms with Crippen molar-refractivity contribution in [1.29, 1.82) is 0 Å². The Morgan fingerprint density at radius 3 is 2.76 bits per heavy atom. The van der Waals surface area contributed by atoms with Gasteiger partial charge in [-0.25, -0.2) is 18.3 Å². The number of carbonyl (C=O) groups excluding carboxylic acids is 1. The third-order valence-corrected chi connectivity index (χ3v) is 4.41. The number of nitrogens with zero attached hydrogens (tertiary/aromatic N) is 5. The van der Waals surface area contributed by atoms with Crippen molar-refractivity contribution in [2.24, 2.45) is 0 Å². The van der Waals surface area contributed by atoms with Gasteiger partial charge in [0.1, 0.15) is 11.3 Å². The molecule has 7 nitrogen and oxygen atoms in total. The van der Waals surface area contributed by atoms with Gasteiger partial charge in [-0.3, -0.25) is 9.48 Å². The second-order valence-corrected chi connectivity index (χ2v) is 6.79. The highest BCUT2D eigenvalue weighted by Crippen LogP contribution is 2.22. The summed E-state index contributed by atoms with van der Waals surface area (Å²) in [5.74, 6) is -0.492. The highest BCUT2D eigenvalue weighted by molar-refractivity contribution is 6.08. The molecule has 0 aliphatic rings. The van der Waals surface area contributed by atoms with Crippen LogP contribution in [0.2, 0.25) is 0 Å². The molecular formula is C20H18F2N6O. The van der Waals surface area contributed by atoms with Crippen molar-refractivity contribution >= 4 is 17.2 Å². The van der Waals surface area contributed by atoms with E-state index in [0.29, 0.717) is 17.9 Å². The Balaban J connectivity index is 1.55. The van der Waals surface area contributed by atoms with Gasteiger partial charge in [-0.2, -0.15) is 10.2 Å². The van der Waals surface area contributed by atoms with Crippen LogP contribution in [0.4, 0.5) is 14.5 Å². The van der Waals surface area contributed by atoms with Crippen LogP contribution in [-0.2, 0) is 6.54 Å². The highest BCUT2D eigenvalue weighted by atomic mass is 19.3. The fourth-order valence-corrected chi connectivity index (χ4v) is 3.14. The SMILES string of the molecule is Cc1cccc(Cn2cc(NC(=O)c3cnn4c(C(F)F)cc(C)nc34)cn2)c1. The van der Waals surface area contributed by atoms with E-state index in [1.807, 2.05) is 25.1 Å². The fourth-order valence-electron chi connectivity index (χ4n) is 3.14. The van der Waals surface area contributed by atoms with Crippen molar-refractivity contribution in [1.82, 2.24) is 24.4 Å². The Bertz CT molecular complexity index is 1200. The Morgan fingerprint density at radius 2 is 2.00 bits per heavy atom. The van der Waals surface area contributed by atoms with Crippen molar-refractivity contribution in [3.63, 3.8) is 0 Å². The fraction of sp³-hybridized carbons (Fsp3) is 0.200. The number of aromatic nitrogens is 5. The predicted octanol–water partition coefficient (Wildman–Crippen LogP) is 3.78. The van der Waals surface area contributed by atoms with Crippen molar-refractivity contribution in [3.05, 3.63) is 77.0 Å². The van der Waals surface area contributed by atoms with Crippen LogP contribution in [0.5, 0.6) is 0 Å². The van der Waals surface area contributed by atoms with Gasteiger partial charge in [-0.05, 0) is 25.5 Å². The number of carbonyl (C=O) groups is 1.